The third-order valence-electron chi connectivity index (χ3n) is 2.50. The van der Waals surface area contributed by atoms with Gasteiger partial charge in [-0.15, -0.1) is 0 Å². The van der Waals surface area contributed by atoms with Gasteiger partial charge in [-0.1, -0.05) is 35.5 Å². The van der Waals surface area contributed by atoms with Crippen LogP contribution in [0.4, 0.5) is 0 Å². The fraction of sp³-hybridized carbons (Fsp3) is 0.529. The van der Waals surface area contributed by atoms with E-state index >= 15 is 0 Å². The van der Waals surface area contributed by atoms with Crippen molar-refractivity contribution in [1.82, 2.24) is 0 Å². The van der Waals surface area contributed by atoms with Gasteiger partial charge in [-0.3, -0.25) is 0 Å². The lowest BCUT2D eigenvalue weighted by Crippen LogP contribution is -2.24. The monoisotopic (exact) mass is 308 g/mol. The molecule has 0 aliphatic carbocycles. The first-order valence-corrected chi connectivity index (χ1v) is 9.07. The molecular weight excluding hydrogens is 280 g/mol. The molecule has 0 saturated carbocycles. The number of hydrogen-bond donors (Lipinski definition) is 0. The highest BCUT2D eigenvalue weighted by atomic mass is 28.2. The maximum absolute atomic E-state index is 6.01. The normalized spacial score (nSPS) is 11.5. The molecule has 0 amide bonds. The van der Waals surface area contributed by atoms with E-state index < -0.39 is 9.52 Å². The Kier molecular flexibility index (Phi) is 7.36. The smallest absolute Gasteiger partial charge is 0.313 e. The van der Waals surface area contributed by atoms with Crippen LogP contribution in [0.3, 0.4) is 0 Å². The lowest BCUT2D eigenvalue weighted by atomic mass is 10.4. The fourth-order valence-corrected chi connectivity index (χ4v) is 3.42. The van der Waals surface area contributed by atoms with Crippen molar-refractivity contribution in [2.45, 2.75) is 59.9 Å². The van der Waals surface area contributed by atoms with Gasteiger partial charge in [-0.05, 0) is 41.5 Å². The molecule has 1 aromatic carbocycles. The average Bonchev–Trinajstić information content (AvgIpc) is 2.36. The second-order valence-corrected chi connectivity index (χ2v) is 7.69. The van der Waals surface area contributed by atoms with Crippen molar-refractivity contribution in [3.8, 4) is 0 Å². The van der Waals surface area contributed by atoms with Crippen molar-refractivity contribution in [2.75, 3.05) is 0 Å². The van der Waals surface area contributed by atoms with Gasteiger partial charge in [0.05, 0.1) is 18.3 Å². The molecule has 0 spiro atoms. The van der Waals surface area contributed by atoms with Crippen LogP contribution in [-0.2, 0) is 14.2 Å². The molecule has 21 heavy (non-hydrogen) atoms. The summed E-state index contributed by atoms with van der Waals surface area (Å²) >= 11 is 0. The van der Waals surface area contributed by atoms with E-state index in [1.54, 1.807) is 0 Å². The van der Waals surface area contributed by atoms with Crippen LogP contribution in [0.25, 0.3) is 0 Å². The van der Waals surface area contributed by atoms with Gasteiger partial charge in [0.1, 0.15) is 9.52 Å². The predicted octanol–water partition coefficient (Wildman–Crippen LogP) is 2.88. The van der Waals surface area contributed by atoms with E-state index in [1.807, 2.05) is 47.6 Å². The molecule has 0 aliphatic heterocycles. The highest BCUT2D eigenvalue weighted by molar-refractivity contribution is 6.60. The molecule has 4 heteroatoms. The number of hydrogen-bond acceptors (Lipinski definition) is 3. The van der Waals surface area contributed by atoms with Crippen LogP contribution in [0.15, 0.2) is 41.7 Å². The Morgan fingerprint density at radius 3 is 1.67 bits per heavy atom. The lowest BCUT2D eigenvalue weighted by molar-refractivity contribution is -0.0333. The molecule has 0 heterocycles. The Morgan fingerprint density at radius 1 is 0.762 bits per heavy atom. The first-order valence-electron chi connectivity index (χ1n) is 7.65. The minimum Gasteiger partial charge on any atom is -0.493 e. The highest BCUT2D eigenvalue weighted by Gasteiger charge is 2.17. The zero-order chi connectivity index (χ0) is 15.8. The van der Waals surface area contributed by atoms with E-state index in [1.165, 1.54) is 5.19 Å². The Bertz CT molecular complexity index is 427. The van der Waals surface area contributed by atoms with Gasteiger partial charge in [0.25, 0.3) is 0 Å². The zero-order valence-corrected chi connectivity index (χ0v) is 15.5. The van der Waals surface area contributed by atoms with Crippen molar-refractivity contribution in [2.24, 2.45) is 0 Å². The summed E-state index contributed by atoms with van der Waals surface area (Å²) < 4.78 is 17.7. The van der Waals surface area contributed by atoms with Crippen LogP contribution in [0.2, 0.25) is 0 Å². The Labute approximate surface area is 131 Å². The van der Waals surface area contributed by atoms with E-state index in [0.29, 0.717) is 5.95 Å². The van der Waals surface area contributed by atoms with Crippen molar-refractivity contribution in [3.63, 3.8) is 0 Å². The highest BCUT2D eigenvalue weighted by Crippen LogP contribution is 2.15. The second kappa shape index (κ2) is 8.77. The zero-order valence-electron chi connectivity index (χ0n) is 14.1. The quantitative estimate of drug-likeness (QED) is 0.546. The molecule has 1 aromatic rings. The predicted molar refractivity (Wildman–Crippen MR) is 90.3 cm³/mol. The maximum atomic E-state index is 6.01. The molecule has 0 fully saturated rings. The van der Waals surface area contributed by atoms with Gasteiger partial charge in [-0.25, -0.2) is 0 Å². The van der Waals surface area contributed by atoms with Crippen molar-refractivity contribution < 1.29 is 14.2 Å². The molecule has 0 bridgehead atoms. The molecule has 118 valence electrons. The third-order valence-corrected chi connectivity index (χ3v) is 4.15. The molecule has 0 atom stereocenters. The van der Waals surface area contributed by atoms with Crippen LogP contribution in [0, 0.1) is 0 Å². The molecule has 1 rings (SSSR count). The summed E-state index contributed by atoms with van der Waals surface area (Å²) in [6.07, 6.45) is 0.237. The van der Waals surface area contributed by atoms with Gasteiger partial charge < -0.3 is 14.2 Å². The fourth-order valence-electron chi connectivity index (χ4n) is 1.82. The van der Waals surface area contributed by atoms with E-state index in [-0.39, 0.29) is 18.3 Å². The standard InChI is InChI=1S/C17H28O3Si/c1-12(2)18-16(19-13(3)4)17(20-14(5)6)21-15-10-8-7-9-11-15/h7-14H,21H2,1-6H3. The summed E-state index contributed by atoms with van der Waals surface area (Å²) in [6.45, 7) is 12.1. The summed E-state index contributed by atoms with van der Waals surface area (Å²) in [6, 6.07) is 10.4. The molecule has 0 aliphatic rings. The molecule has 0 N–H and O–H groups in total. The number of ether oxygens (including phenoxy) is 3. The minimum atomic E-state index is -0.766. The maximum Gasteiger partial charge on any atom is 0.313 e. The second-order valence-electron chi connectivity index (χ2n) is 5.87. The number of rotatable bonds is 8. The Hall–Kier alpha value is -1.42. The molecule has 0 saturated heterocycles. The molecular formula is C17H28O3Si. The van der Waals surface area contributed by atoms with E-state index in [2.05, 4.69) is 24.3 Å². The van der Waals surface area contributed by atoms with Crippen molar-refractivity contribution in [1.29, 1.82) is 0 Å². The molecule has 0 aromatic heterocycles. The van der Waals surface area contributed by atoms with Crippen LogP contribution >= 0.6 is 0 Å². The largest absolute Gasteiger partial charge is 0.493 e. The molecule has 3 nitrogen and oxygen atoms in total. The average molecular weight is 308 g/mol. The molecule has 0 unspecified atom stereocenters. The van der Waals surface area contributed by atoms with Crippen LogP contribution in [-0.4, -0.2) is 27.8 Å². The first-order chi connectivity index (χ1) is 9.88. The Morgan fingerprint density at radius 2 is 1.24 bits per heavy atom. The van der Waals surface area contributed by atoms with E-state index in [4.69, 9.17) is 14.2 Å². The van der Waals surface area contributed by atoms with Crippen LogP contribution in [0.5, 0.6) is 0 Å². The van der Waals surface area contributed by atoms with Crippen molar-refractivity contribution in [3.05, 3.63) is 41.7 Å². The minimum absolute atomic E-state index is 0.0642. The SMILES string of the molecule is CC(C)OC(OC(C)C)=C(OC(C)C)[SiH2]c1ccccc1. The summed E-state index contributed by atoms with van der Waals surface area (Å²) in [7, 11) is -0.766. The first kappa shape index (κ1) is 17.6. The topological polar surface area (TPSA) is 27.7 Å². The number of benzene rings is 1. The summed E-state index contributed by atoms with van der Waals surface area (Å²) in [5, 5.41) is 2.20. The van der Waals surface area contributed by atoms with Gasteiger partial charge >= 0.3 is 5.95 Å². The van der Waals surface area contributed by atoms with E-state index in [9.17, 15) is 0 Å². The van der Waals surface area contributed by atoms with Crippen LogP contribution in [0.1, 0.15) is 41.5 Å². The third kappa shape index (κ3) is 7.23. The Balaban J connectivity index is 3.05. The molecule has 0 radical (unpaired) electrons. The van der Waals surface area contributed by atoms with Crippen LogP contribution < -0.4 is 5.19 Å². The van der Waals surface area contributed by atoms with Gasteiger partial charge in [0.15, 0.2) is 5.38 Å². The summed E-state index contributed by atoms with van der Waals surface area (Å²) in [4.78, 5) is 0. The van der Waals surface area contributed by atoms with Gasteiger partial charge in [0.2, 0.25) is 0 Å². The van der Waals surface area contributed by atoms with Gasteiger partial charge in [0, 0.05) is 0 Å². The summed E-state index contributed by atoms with van der Waals surface area (Å²) in [5.41, 5.74) is 0. The van der Waals surface area contributed by atoms with Gasteiger partial charge in [-0.2, -0.15) is 0 Å². The summed E-state index contributed by atoms with van der Waals surface area (Å²) in [5.74, 6) is 0.559. The lowest BCUT2D eigenvalue weighted by Gasteiger charge is -2.22. The van der Waals surface area contributed by atoms with E-state index in [0.717, 1.165) is 5.38 Å². The van der Waals surface area contributed by atoms with Crippen molar-refractivity contribution >= 4 is 14.7 Å².